The van der Waals surface area contributed by atoms with E-state index in [9.17, 15) is 9.59 Å². The molecule has 1 amide bonds. The number of amides is 1. The van der Waals surface area contributed by atoms with Gasteiger partial charge in [-0.25, -0.2) is 0 Å². The normalized spacial score (nSPS) is 24.1. The molecule has 1 N–H and O–H groups in total. The highest BCUT2D eigenvalue weighted by atomic mass is 16.2. The van der Waals surface area contributed by atoms with Gasteiger partial charge in [0.2, 0.25) is 5.91 Å². The molecule has 0 aromatic carbocycles. The fraction of sp³-hybridized carbons (Fsp3) is 0.692. The van der Waals surface area contributed by atoms with Crippen LogP contribution in [0, 0.1) is 5.41 Å². The first-order valence-electron chi connectivity index (χ1n) is 6.15. The van der Waals surface area contributed by atoms with E-state index in [2.05, 4.69) is 5.32 Å². The van der Waals surface area contributed by atoms with Crippen LogP contribution in [-0.4, -0.2) is 11.7 Å². The second kappa shape index (κ2) is 4.40. The van der Waals surface area contributed by atoms with Crippen LogP contribution < -0.4 is 5.32 Å². The molecule has 1 saturated carbocycles. The average molecular weight is 221 g/mol. The summed E-state index contributed by atoms with van der Waals surface area (Å²) in [7, 11) is 0. The molecule has 1 fully saturated rings. The molecule has 0 unspecified atom stereocenters. The van der Waals surface area contributed by atoms with E-state index in [-0.39, 0.29) is 17.1 Å². The molecule has 0 atom stereocenters. The second-order valence-corrected chi connectivity index (χ2v) is 5.21. The molecule has 3 nitrogen and oxygen atoms in total. The van der Waals surface area contributed by atoms with E-state index in [4.69, 9.17) is 0 Å². The fourth-order valence-electron chi connectivity index (χ4n) is 2.55. The number of carbonyl (C=O) groups excluding carboxylic acids is 2. The first-order valence-corrected chi connectivity index (χ1v) is 6.15. The number of hydrogen-bond acceptors (Lipinski definition) is 2. The minimum Gasteiger partial charge on any atom is -0.329 e. The predicted octanol–water partition coefficient (Wildman–Crippen LogP) is 2.32. The predicted molar refractivity (Wildman–Crippen MR) is 61.7 cm³/mol. The average Bonchev–Trinajstić information content (AvgIpc) is 2.65. The van der Waals surface area contributed by atoms with Crippen LogP contribution in [0.25, 0.3) is 0 Å². The number of nitrogens with one attached hydrogen (secondary N) is 1. The van der Waals surface area contributed by atoms with Gasteiger partial charge in [0.1, 0.15) is 0 Å². The van der Waals surface area contributed by atoms with Crippen molar-refractivity contribution in [3.05, 3.63) is 11.8 Å². The Morgan fingerprint density at radius 2 is 1.94 bits per heavy atom. The van der Waals surface area contributed by atoms with Crippen LogP contribution in [0.2, 0.25) is 0 Å². The lowest BCUT2D eigenvalue weighted by atomic mass is 9.75. The van der Waals surface area contributed by atoms with Crippen LogP contribution in [0.4, 0.5) is 0 Å². The number of hydrogen-bond donors (Lipinski definition) is 1. The van der Waals surface area contributed by atoms with Gasteiger partial charge in [-0.1, -0.05) is 26.2 Å². The third-order valence-corrected chi connectivity index (χ3v) is 3.76. The van der Waals surface area contributed by atoms with Crippen LogP contribution in [0.1, 0.15) is 51.9 Å². The largest absolute Gasteiger partial charge is 0.329 e. The molecule has 0 bridgehead atoms. The van der Waals surface area contributed by atoms with Crippen molar-refractivity contribution < 1.29 is 9.59 Å². The zero-order valence-corrected chi connectivity index (χ0v) is 9.84. The van der Waals surface area contributed by atoms with E-state index in [1.165, 1.54) is 6.42 Å². The maximum Gasteiger partial charge on any atom is 0.230 e. The Hall–Kier alpha value is -1.12. The fourth-order valence-corrected chi connectivity index (χ4v) is 2.55. The molecule has 2 aliphatic rings. The summed E-state index contributed by atoms with van der Waals surface area (Å²) >= 11 is 0. The second-order valence-electron chi connectivity index (χ2n) is 5.21. The van der Waals surface area contributed by atoms with Crippen molar-refractivity contribution in [2.45, 2.75) is 51.9 Å². The molecule has 2 rings (SSSR count). The lowest BCUT2D eigenvalue weighted by molar-refractivity contribution is -0.131. The number of allylic oxidation sites excluding steroid dienone is 2. The van der Waals surface area contributed by atoms with Crippen molar-refractivity contribution in [1.29, 1.82) is 0 Å². The number of rotatable bonds is 2. The Labute approximate surface area is 96.3 Å². The minimum atomic E-state index is -0.218. The zero-order valence-electron chi connectivity index (χ0n) is 9.84. The van der Waals surface area contributed by atoms with Gasteiger partial charge in [0.05, 0.1) is 0 Å². The molecule has 16 heavy (non-hydrogen) atoms. The highest BCUT2D eigenvalue weighted by Crippen LogP contribution is 2.36. The van der Waals surface area contributed by atoms with Crippen molar-refractivity contribution in [2.24, 2.45) is 5.41 Å². The maximum atomic E-state index is 12.1. The van der Waals surface area contributed by atoms with E-state index in [0.29, 0.717) is 12.8 Å². The van der Waals surface area contributed by atoms with Crippen LogP contribution >= 0.6 is 0 Å². The van der Waals surface area contributed by atoms with E-state index >= 15 is 0 Å². The maximum absolute atomic E-state index is 12.1. The Balaban J connectivity index is 1.97. The van der Waals surface area contributed by atoms with Crippen LogP contribution in [0.3, 0.4) is 0 Å². The quantitative estimate of drug-likeness (QED) is 0.777. The summed E-state index contributed by atoms with van der Waals surface area (Å²) in [4.78, 5) is 23.2. The number of carbonyl (C=O) groups is 2. The van der Waals surface area contributed by atoms with Gasteiger partial charge in [0.15, 0.2) is 5.78 Å². The minimum absolute atomic E-state index is 0.105. The highest BCUT2D eigenvalue weighted by Gasteiger charge is 2.35. The smallest absolute Gasteiger partial charge is 0.230 e. The van der Waals surface area contributed by atoms with Gasteiger partial charge in [0.25, 0.3) is 0 Å². The van der Waals surface area contributed by atoms with Crippen LogP contribution in [0.15, 0.2) is 11.8 Å². The van der Waals surface area contributed by atoms with Gasteiger partial charge in [-0.05, 0) is 19.3 Å². The Morgan fingerprint density at radius 3 is 2.50 bits per heavy atom. The molecular formula is C13H19NO2. The van der Waals surface area contributed by atoms with Crippen LogP contribution in [-0.2, 0) is 9.59 Å². The summed E-state index contributed by atoms with van der Waals surface area (Å²) in [6.07, 6.45) is 8.28. The third kappa shape index (κ3) is 2.34. The molecule has 3 heteroatoms. The molecule has 88 valence electrons. The summed E-state index contributed by atoms with van der Waals surface area (Å²) in [5.41, 5.74) is 0.590. The van der Waals surface area contributed by atoms with Crippen molar-refractivity contribution in [3.63, 3.8) is 0 Å². The standard InChI is InChI=1S/C13H19NO2/c1-13(7-3-2-4-8-13)12(16)14-10-5-6-11(15)9-10/h9H,2-8H2,1H3,(H,14,16). The third-order valence-electron chi connectivity index (χ3n) is 3.76. The van der Waals surface area contributed by atoms with Crippen molar-refractivity contribution in [2.75, 3.05) is 0 Å². The summed E-state index contributed by atoms with van der Waals surface area (Å²) in [6, 6.07) is 0. The topological polar surface area (TPSA) is 46.2 Å². The van der Waals surface area contributed by atoms with Gasteiger partial charge in [-0.15, -0.1) is 0 Å². The van der Waals surface area contributed by atoms with E-state index < -0.39 is 0 Å². The Kier molecular flexibility index (Phi) is 3.13. The van der Waals surface area contributed by atoms with E-state index in [0.717, 1.165) is 31.4 Å². The van der Waals surface area contributed by atoms with Gasteiger partial charge in [-0.2, -0.15) is 0 Å². The zero-order chi connectivity index (χ0) is 11.6. The van der Waals surface area contributed by atoms with E-state index in [1.54, 1.807) is 6.08 Å². The monoisotopic (exact) mass is 221 g/mol. The Morgan fingerprint density at radius 1 is 1.25 bits per heavy atom. The summed E-state index contributed by atoms with van der Waals surface area (Å²) in [5, 5.41) is 2.92. The molecule has 0 aromatic heterocycles. The van der Waals surface area contributed by atoms with Crippen molar-refractivity contribution in [1.82, 2.24) is 5.32 Å². The van der Waals surface area contributed by atoms with Crippen molar-refractivity contribution in [3.8, 4) is 0 Å². The molecule has 0 spiro atoms. The molecule has 2 aliphatic carbocycles. The molecule has 0 aliphatic heterocycles. The van der Waals surface area contributed by atoms with Gasteiger partial charge < -0.3 is 5.32 Å². The van der Waals surface area contributed by atoms with E-state index in [1.807, 2.05) is 6.92 Å². The molecule has 0 heterocycles. The van der Waals surface area contributed by atoms with Gasteiger partial charge >= 0.3 is 0 Å². The molecular weight excluding hydrogens is 202 g/mol. The summed E-state index contributed by atoms with van der Waals surface area (Å²) < 4.78 is 0. The van der Waals surface area contributed by atoms with Gasteiger partial charge in [0, 0.05) is 23.6 Å². The summed E-state index contributed by atoms with van der Waals surface area (Å²) in [5.74, 6) is 0.234. The number of ketones is 1. The molecule has 0 aromatic rings. The summed E-state index contributed by atoms with van der Waals surface area (Å²) in [6.45, 7) is 2.04. The molecule has 0 radical (unpaired) electrons. The lowest BCUT2D eigenvalue weighted by Gasteiger charge is -2.32. The highest BCUT2D eigenvalue weighted by molar-refractivity contribution is 5.94. The Bertz CT molecular complexity index is 338. The van der Waals surface area contributed by atoms with Crippen LogP contribution in [0.5, 0.6) is 0 Å². The first kappa shape index (κ1) is 11.4. The lowest BCUT2D eigenvalue weighted by Crippen LogP contribution is -2.39. The molecule has 0 saturated heterocycles. The first-order chi connectivity index (χ1) is 7.60. The SMILES string of the molecule is CC1(C(=O)NC2=CC(=O)CC2)CCCCC1. The van der Waals surface area contributed by atoms with Crippen molar-refractivity contribution >= 4 is 11.7 Å². The van der Waals surface area contributed by atoms with Gasteiger partial charge in [-0.3, -0.25) is 9.59 Å².